The molecule has 2 heterocycles. The monoisotopic (exact) mass is 485 g/mol. The Morgan fingerprint density at radius 1 is 1.00 bits per heavy atom. The molecule has 0 spiro atoms. The molecule has 0 atom stereocenters. The van der Waals surface area contributed by atoms with Crippen LogP contribution in [-0.2, 0) is 9.84 Å². The van der Waals surface area contributed by atoms with Crippen LogP contribution in [0.2, 0.25) is 5.02 Å². The molecular weight excluding hydrogens is 466 g/mol. The van der Waals surface area contributed by atoms with Crippen molar-refractivity contribution in [1.29, 1.82) is 0 Å². The molecular formula is C23H20ClN3O3S2. The number of sulfone groups is 1. The number of hydrogen-bond acceptors (Lipinski definition) is 5. The van der Waals surface area contributed by atoms with E-state index in [1.165, 1.54) is 22.5 Å². The number of nitrogens with zero attached hydrogens (tertiary/aromatic N) is 3. The molecule has 2 aromatic carbocycles. The van der Waals surface area contributed by atoms with Crippen molar-refractivity contribution in [2.75, 3.05) is 20.4 Å². The van der Waals surface area contributed by atoms with E-state index in [-0.39, 0.29) is 10.8 Å². The van der Waals surface area contributed by atoms with Crippen molar-refractivity contribution in [3.8, 4) is 26.7 Å². The van der Waals surface area contributed by atoms with E-state index in [1.807, 2.05) is 36.4 Å². The normalized spacial score (nSPS) is 11.5. The van der Waals surface area contributed by atoms with Crippen molar-refractivity contribution in [2.24, 2.45) is 0 Å². The summed E-state index contributed by atoms with van der Waals surface area (Å²) in [5, 5.41) is 5.05. The first kappa shape index (κ1) is 22.3. The second-order valence-corrected chi connectivity index (χ2v) is 10.9. The first-order valence-electron chi connectivity index (χ1n) is 9.62. The third-order valence-electron chi connectivity index (χ3n) is 4.82. The third-order valence-corrected chi connectivity index (χ3v) is 7.41. The van der Waals surface area contributed by atoms with Crippen molar-refractivity contribution in [2.45, 2.75) is 4.90 Å². The SMILES string of the molecule is CN(C)C(=O)c1cc(-c2ccc(-c3cccc(S(C)(=O)=O)c3)s2)n(-c2ccccc2Cl)n1. The maximum atomic E-state index is 12.6. The van der Waals surface area contributed by atoms with Crippen LogP contribution in [-0.4, -0.2) is 49.4 Å². The van der Waals surface area contributed by atoms with Gasteiger partial charge in [-0.3, -0.25) is 4.79 Å². The van der Waals surface area contributed by atoms with Gasteiger partial charge in [0, 0.05) is 25.2 Å². The maximum Gasteiger partial charge on any atom is 0.273 e. The quantitative estimate of drug-likeness (QED) is 0.397. The molecule has 0 unspecified atom stereocenters. The molecule has 32 heavy (non-hydrogen) atoms. The van der Waals surface area contributed by atoms with Crippen LogP contribution in [0, 0.1) is 0 Å². The summed E-state index contributed by atoms with van der Waals surface area (Å²) < 4.78 is 25.6. The van der Waals surface area contributed by atoms with Gasteiger partial charge in [-0.05, 0) is 48.0 Å². The van der Waals surface area contributed by atoms with E-state index in [0.717, 1.165) is 21.0 Å². The van der Waals surface area contributed by atoms with E-state index in [1.54, 1.807) is 49.1 Å². The first-order valence-corrected chi connectivity index (χ1v) is 12.7. The van der Waals surface area contributed by atoms with Crippen LogP contribution in [0.1, 0.15) is 10.5 Å². The van der Waals surface area contributed by atoms with E-state index < -0.39 is 9.84 Å². The Labute approximate surface area is 195 Å². The number of para-hydroxylation sites is 1. The van der Waals surface area contributed by atoms with Gasteiger partial charge in [0.25, 0.3) is 5.91 Å². The number of benzene rings is 2. The van der Waals surface area contributed by atoms with Gasteiger partial charge in [0.15, 0.2) is 15.5 Å². The van der Waals surface area contributed by atoms with Gasteiger partial charge in [0.2, 0.25) is 0 Å². The topological polar surface area (TPSA) is 72.3 Å². The second-order valence-electron chi connectivity index (χ2n) is 7.44. The number of rotatable bonds is 5. The van der Waals surface area contributed by atoms with Crippen molar-refractivity contribution < 1.29 is 13.2 Å². The number of thiophene rings is 1. The molecule has 0 fully saturated rings. The molecule has 4 aromatic rings. The lowest BCUT2D eigenvalue weighted by molar-refractivity contribution is 0.0821. The number of hydrogen-bond donors (Lipinski definition) is 0. The van der Waals surface area contributed by atoms with Crippen LogP contribution in [0.4, 0.5) is 0 Å². The summed E-state index contributed by atoms with van der Waals surface area (Å²) in [6.07, 6.45) is 1.19. The van der Waals surface area contributed by atoms with E-state index in [2.05, 4.69) is 5.10 Å². The van der Waals surface area contributed by atoms with Crippen LogP contribution < -0.4 is 0 Å². The smallest absolute Gasteiger partial charge is 0.273 e. The van der Waals surface area contributed by atoms with Crippen LogP contribution in [0.25, 0.3) is 26.7 Å². The largest absolute Gasteiger partial charge is 0.343 e. The molecule has 0 aliphatic rings. The Hall–Kier alpha value is -2.94. The fourth-order valence-electron chi connectivity index (χ4n) is 3.21. The average Bonchev–Trinajstić information content (AvgIpc) is 3.40. The zero-order valence-corrected chi connectivity index (χ0v) is 20.0. The molecule has 6 nitrogen and oxygen atoms in total. The van der Waals surface area contributed by atoms with Gasteiger partial charge in [-0.25, -0.2) is 13.1 Å². The molecule has 9 heteroatoms. The Balaban J connectivity index is 1.84. The third kappa shape index (κ3) is 4.34. The maximum absolute atomic E-state index is 12.6. The summed E-state index contributed by atoms with van der Waals surface area (Å²) in [5.74, 6) is -0.213. The molecule has 0 N–H and O–H groups in total. The van der Waals surface area contributed by atoms with Gasteiger partial charge in [-0.1, -0.05) is 35.9 Å². The van der Waals surface area contributed by atoms with E-state index in [4.69, 9.17) is 11.6 Å². The zero-order chi connectivity index (χ0) is 23.0. The minimum atomic E-state index is -3.31. The number of aromatic nitrogens is 2. The number of halogens is 1. The highest BCUT2D eigenvalue weighted by Crippen LogP contribution is 2.37. The number of amides is 1. The summed E-state index contributed by atoms with van der Waals surface area (Å²) in [7, 11) is 0.0434. The highest BCUT2D eigenvalue weighted by Gasteiger charge is 2.20. The Kier molecular flexibility index (Phi) is 5.94. The van der Waals surface area contributed by atoms with E-state index >= 15 is 0 Å². The van der Waals surface area contributed by atoms with E-state index in [0.29, 0.717) is 16.4 Å². The standard InChI is InChI=1S/C23H20ClN3O3S2/c1-26(2)23(28)18-14-20(27(25-18)19-10-5-4-9-17(19)24)22-12-11-21(31-22)15-7-6-8-16(13-15)32(3,29)30/h4-14H,1-3H3. The van der Waals surface area contributed by atoms with Crippen molar-refractivity contribution in [3.05, 3.63) is 77.4 Å². The van der Waals surface area contributed by atoms with Gasteiger partial charge < -0.3 is 4.90 Å². The molecule has 2 aromatic heterocycles. The molecule has 1 amide bonds. The summed E-state index contributed by atoms with van der Waals surface area (Å²) in [5.41, 5.74) is 2.49. The molecule has 0 saturated heterocycles. The summed E-state index contributed by atoms with van der Waals surface area (Å²) in [6.45, 7) is 0. The number of carbonyl (C=O) groups excluding carboxylic acids is 1. The van der Waals surface area contributed by atoms with Crippen LogP contribution in [0.5, 0.6) is 0 Å². The van der Waals surface area contributed by atoms with Gasteiger partial charge >= 0.3 is 0 Å². The fourth-order valence-corrected chi connectivity index (χ4v) is 5.09. The Morgan fingerprint density at radius 3 is 2.41 bits per heavy atom. The molecule has 0 bridgehead atoms. The minimum Gasteiger partial charge on any atom is -0.343 e. The van der Waals surface area contributed by atoms with Crippen LogP contribution >= 0.6 is 22.9 Å². The molecule has 0 aliphatic heterocycles. The highest BCUT2D eigenvalue weighted by molar-refractivity contribution is 7.90. The predicted octanol–water partition coefficient (Wildman–Crippen LogP) is 5.03. The molecule has 164 valence electrons. The van der Waals surface area contributed by atoms with Gasteiger partial charge in [0.1, 0.15) is 0 Å². The summed E-state index contributed by atoms with van der Waals surface area (Å²) in [6, 6.07) is 19.8. The first-order chi connectivity index (χ1) is 15.1. The highest BCUT2D eigenvalue weighted by atomic mass is 35.5. The lowest BCUT2D eigenvalue weighted by atomic mass is 10.2. The zero-order valence-electron chi connectivity index (χ0n) is 17.6. The summed E-state index contributed by atoms with van der Waals surface area (Å²) in [4.78, 5) is 16.1. The van der Waals surface area contributed by atoms with Crippen molar-refractivity contribution >= 4 is 38.7 Å². The molecule has 4 rings (SSSR count). The second kappa shape index (κ2) is 8.54. The van der Waals surface area contributed by atoms with Crippen LogP contribution in [0.3, 0.4) is 0 Å². The lowest BCUT2D eigenvalue weighted by Crippen LogP contribution is -2.22. The van der Waals surface area contributed by atoms with Crippen molar-refractivity contribution in [3.63, 3.8) is 0 Å². The lowest BCUT2D eigenvalue weighted by Gasteiger charge is -2.08. The number of carbonyl (C=O) groups is 1. The van der Waals surface area contributed by atoms with E-state index in [9.17, 15) is 13.2 Å². The molecule has 0 radical (unpaired) electrons. The molecule has 0 aliphatic carbocycles. The van der Waals surface area contributed by atoms with Crippen LogP contribution in [0.15, 0.2) is 71.6 Å². The van der Waals surface area contributed by atoms with Gasteiger partial charge in [-0.2, -0.15) is 5.10 Å². The molecule has 0 saturated carbocycles. The van der Waals surface area contributed by atoms with Crippen molar-refractivity contribution in [1.82, 2.24) is 14.7 Å². The minimum absolute atomic E-state index is 0.213. The Morgan fingerprint density at radius 2 is 1.72 bits per heavy atom. The summed E-state index contributed by atoms with van der Waals surface area (Å²) >= 11 is 7.90. The van der Waals surface area contributed by atoms with Gasteiger partial charge in [-0.15, -0.1) is 11.3 Å². The predicted molar refractivity (Wildman–Crippen MR) is 128 cm³/mol. The Bertz CT molecular complexity index is 1420. The van der Waals surface area contributed by atoms with Gasteiger partial charge in [0.05, 0.1) is 26.2 Å². The fraction of sp³-hybridized carbons (Fsp3) is 0.130. The average molecular weight is 486 g/mol.